The van der Waals surface area contributed by atoms with Crippen LogP contribution >= 0.6 is 0 Å². The monoisotopic (exact) mass is 527 g/mol. The summed E-state index contributed by atoms with van der Waals surface area (Å²) in [6.07, 6.45) is 2.77. The molecule has 2 amide bonds. The van der Waals surface area contributed by atoms with Crippen molar-refractivity contribution >= 4 is 28.4 Å². The molecule has 0 aliphatic carbocycles. The molecular formula is C26H21F4N5O3. The number of nitrogens with zero attached hydrogens (tertiary/aromatic N) is 4. The smallest absolute Gasteiger partial charge is 0.321 e. The summed E-state index contributed by atoms with van der Waals surface area (Å²) in [7, 11) is 1.60. The number of fused-ring (bicyclic) bond motifs is 1. The quantitative estimate of drug-likeness (QED) is 0.402. The van der Waals surface area contributed by atoms with Crippen LogP contribution in [0.3, 0.4) is 0 Å². The van der Waals surface area contributed by atoms with Crippen molar-refractivity contribution in [1.82, 2.24) is 19.7 Å². The molecule has 12 heteroatoms. The summed E-state index contributed by atoms with van der Waals surface area (Å²) in [6, 6.07) is 8.19. The lowest BCUT2D eigenvalue weighted by atomic mass is 9.98. The maximum Gasteiger partial charge on any atom is 0.321 e. The van der Waals surface area contributed by atoms with E-state index in [9.17, 15) is 31.9 Å². The molecule has 0 radical (unpaired) electrons. The molecule has 2 aromatic carbocycles. The summed E-state index contributed by atoms with van der Waals surface area (Å²) >= 11 is 0. The molecule has 2 unspecified atom stereocenters. The zero-order chi connectivity index (χ0) is 27.4. The average Bonchev–Trinajstić information content (AvgIpc) is 3.40. The summed E-state index contributed by atoms with van der Waals surface area (Å²) < 4.78 is 58.8. The highest BCUT2D eigenvalue weighted by Crippen LogP contribution is 2.40. The zero-order valence-electron chi connectivity index (χ0n) is 20.2. The Morgan fingerprint density at radius 3 is 2.47 bits per heavy atom. The fraction of sp³-hybridized carbons (Fsp3) is 0.231. The normalized spacial score (nSPS) is 17.8. The number of nitrogens with one attached hydrogen (secondary N) is 1. The van der Waals surface area contributed by atoms with Crippen LogP contribution in [0.15, 0.2) is 65.7 Å². The maximum absolute atomic E-state index is 14.9. The number of carbonyl (C=O) groups excluding carboxylic acids is 2. The van der Waals surface area contributed by atoms with Crippen LogP contribution in [0, 0.1) is 11.6 Å². The minimum absolute atomic E-state index is 0.136. The van der Waals surface area contributed by atoms with E-state index >= 15 is 0 Å². The number of aromatic nitrogens is 3. The number of aryl methyl sites for hydroxylation is 1. The van der Waals surface area contributed by atoms with Gasteiger partial charge in [-0.2, -0.15) is 13.9 Å². The molecular weight excluding hydrogens is 506 g/mol. The molecule has 0 spiro atoms. The van der Waals surface area contributed by atoms with E-state index in [0.717, 1.165) is 12.1 Å². The molecule has 2 atom stereocenters. The van der Waals surface area contributed by atoms with Crippen LogP contribution in [0.5, 0.6) is 0 Å². The van der Waals surface area contributed by atoms with Gasteiger partial charge in [-0.05, 0) is 30.3 Å². The maximum atomic E-state index is 14.9. The Kier molecular flexibility index (Phi) is 6.04. The molecule has 0 saturated carbocycles. The van der Waals surface area contributed by atoms with Crippen molar-refractivity contribution in [1.29, 1.82) is 0 Å². The van der Waals surface area contributed by atoms with Crippen molar-refractivity contribution in [3.05, 3.63) is 88.5 Å². The number of benzene rings is 2. The Morgan fingerprint density at radius 2 is 1.79 bits per heavy atom. The van der Waals surface area contributed by atoms with E-state index in [1.165, 1.54) is 21.7 Å². The van der Waals surface area contributed by atoms with Gasteiger partial charge in [0.2, 0.25) is 11.5 Å². The average molecular weight is 527 g/mol. The number of alkyl halides is 2. The number of anilines is 1. The SMILES string of the molecule is Cn1cc(-n2ncc3cc(N4C(=O)CC(NC(=O)C(C)(F)F)C4c4ccc(F)cc4F)ccc32)ccc1=O. The second-order valence-electron chi connectivity index (χ2n) is 9.18. The first-order valence-corrected chi connectivity index (χ1v) is 11.5. The molecule has 8 nitrogen and oxygen atoms in total. The zero-order valence-corrected chi connectivity index (χ0v) is 20.2. The van der Waals surface area contributed by atoms with Crippen LogP contribution in [0.4, 0.5) is 23.2 Å². The van der Waals surface area contributed by atoms with Gasteiger partial charge < -0.3 is 14.8 Å². The van der Waals surface area contributed by atoms with Crippen LogP contribution < -0.4 is 15.8 Å². The summed E-state index contributed by atoms with van der Waals surface area (Å²) in [5, 5.41) is 7.11. The van der Waals surface area contributed by atoms with Crippen molar-refractivity contribution in [2.24, 2.45) is 7.05 Å². The van der Waals surface area contributed by atoms with Gasteiger partial charge >= 0.3 is 5.92 Å². The molecule has 1 fully saturated rings. The standard InChI is InChI=1S/C26H21F4N5O3/c1-26(29,30)25(38)32-20-11-23(37)34(24(20)18-6-3-15(27)10-19(18)28)16-4-7-21-14(9-16)12-31-35(21)17-5-8-22(36)33(2)13-17/h3-10,12-13,20,24H,11H2,1-2H3,(H,32,38). The number of hydrogen-bond donors (Lipinski definition) is 1. The van der Waals surface area contributed by atoms with Gasteiger partial charge in [-0.3, -0.25) is 14.4 Å². The van der Waals surface area contributed by atoms with Gasteiger partial charge in [0.25, 0.3) is 5.91 Å². The van der Waals surface area contributed by atoms with Gasteiger partial charge in [-0.15, -0.1) is 0 Å². The summed E-state index contributed by atoms with van der Waals surface area (Å²) in [4.78, 5) is 38.2. The lowest BCUT2D eigenvalue weighted by Gasteiger charge is -2.30. The summed E-state index contributed by atoms with van der Waals surface area (Å²) in [5.74, 6) is -7.72. The van der Waals surface area contributed by atoms with Crippen LogP contribution in [-0.2, 0) is 16.6 Å². The Hall–Kier alpha value is -4.48. The number of carbonyl (C=O) groups is 2. The van der Waals surface area contributed by atoms with Gasteiger partial charge in [0.05, 0.1) is 29.5 Å². The molecule has 2 aromatic heterocycles. The first kappa shape index (κ1) is 25.2. The minimum atomic E-state index is -3.73. The van der Waals surface area contributed by atoms with Gasteiger partial charge in [0.15, 0.2) is 0 Å². The number of pyridine rings is 1. The Morgan fingerprint density at radius 1 is 1.05 bits per heavy atom. The van der Waals surface area contributed by atoms with Crippen LogP contribution in [-0.4, -0.2) is 38.1 Å². The van der Waals surface area contributed by atoms with E-state index in [-0.39, 0.29) is 17.5 Å². The van der Waals surface area contributed by atoms with Crippen LogP contribution in [0.25, 0.3) is 16.6 Å². The third-order valence-electron chi connectivity index (χ3n) is 6.46. The molecule has 1 N–H and O–H groups in total. The Labute approximate surface area is 213 Å². The van der Waals surface area contributed by atoms with E-state index < -0.39 is 41.5 Å². The van der Waals surface area contributed by atoms with E-state index in [1.807, 2.05) is 0 Å². The molecule has 5 rings (SSSR count). The predicted octanol–water partition coefficient (Wildman–Crippen LogP) is 3.62. The third kappa shape index (κ3) is 4.42. The Balaban J connectivity index is 1.58. The number of amides is 2. The molecule has 3 heterocycles. The molecule has 4 aromatic rings. The summed E-state index contributed by atoms with van der Waals surface area (Å²) in [5.41, 5.74) is 1.22. The predicted molar refractivity (Wildman–Crippen MR) is 130 cm³/mol. The minimum Gasteiger partial charge on any atom is -0.345 e. The summed E-state index contributed by atoms with van der Waals surface area (Å²) in [6.45, 7) is 0.417. The topological polar surface area (TPSA) is 89.2 Å². The van der Waals surface area contributed by atoms with Gasteiger partial charge in [-0.25, -0.2) is 13.5 Å². The van der Waals surface area contributed by atoms with Gasteiger partial charge in [0, 0.05) is 55.4 Å². The van der Waals surface area contributed by atoms with E-state index in [4.69, 9.17) is 0 Å². The first-order chi connectivity index (χ1) is 17.9. The second kappa shape index (κ2) is 9.12. The highest BCUT2D eigenvalue weighted by molar-refractivity contribution is 6.00. The second-order valence-corrected chi connectivity index (χ2v) is 9.18. The molecule has 1 aliphatic heterocycles. The lowest BCUT2D eigenvalue weighted by molar-refractivity contribution is -0.143. The van der Waals surface area contributed by atoms with Crippen molar-refractivity contribution in [3.63, 3.8) is 0 Å². The molecule has 1 saturated heterocycles. The van der Waals surface area contributed by atoms with Crippen molar-refractivity contribution in [3.8, 4) is 5.69 Å². The number of halogens is 4. The van der Waals surface area contributed by atoms with Gasteiger partial charge in [-0.1, -0.05) is 6.07 Å². The van der Waals surface area contributed by atoms with E-state index in [2.05, 4.69) is 10.4 Å². The molecule has 196 valence electrons. The van der Waals surface area contributed by atoms with Gasteiger partial charge in [0.1, 0.15) is 11.6 Å². The number of rotatable bonds is 5. The van der Waals surface area contributed by atoms with Crippen LogP contribution in [0.2, 0.25) is 0 Å². The molecule has 38 heavy (non-hydrogen) atoms. The van der Waals surface area contributed by atoms with Crippen LogP contribution in [0.1, 0.15) is 24.9 Å². The highest BCUT2D eigenvalue weighted by atomic mass is 19.3. The fourth-order valence-corrected chi connectivity index (χ4v) is 4.64. The highest BCUT2D eigenvalue weighted by Gasteiger charge is 2.46. The van der Waals surface area contributed by atoms with Crippen molar-refractivity contribution < 1.29 is 27.2 Å². The number of hydrogen-bond acceptors (Lipinski definition) is 4. The van der Waals surface area contributed by atoms with Crippen molar-refractivity contribution in [2.75, 3.05) is 4.90 Å². The fourth-order valence-electron chi connectivity index (χ4n) is 4.64. The van der Waals surface area contributed by atoms with E-state index in [0.29, 0.717) is 35.3 Å². The Bertz CT molecular complexity index is 1640. The lowest BCUT2D eigenvalue weighted by Crippen LogP contribution is -2.46. The molecule has 1 aliphatic rings. The molecule has 0 bridgehead atoms. The largest absolute Gasteiger partial charge is 0.345 e. The van der Waals surface area contributed by atoms with E-state index in [1.54, 1.807) is 42.2 Å². The van der Waals surface area contributed by atoms with Crippen molar-refractivity contribution in [2.45, 2.75) is 31.4 Å². The first-order valence-electron chi connectivity index (χ1n) is 11.5. The third-order valence-corrected chi connectivity index (χ3v) is 6.46.